The zero-order valence-electron chi connectivity index (χ0n) is 15.2. The topological polar surface area (TPSA) is 92.6 Å². The summed E-state index contributed by atoms with van der Waals surface area (Å²) in [5, 5.41) is 11.6. The van der Waals surface area contributed by atoms with Gasteiger partial charge >= 0.3 is 0 Å². The van der Waals surface area contributed by atoms with Crippen LogP contribution in [0.1, 0.15) is 31.2 Å². The first-order valence-electron chi connectivity index (χ1n) is 9.00. The van der Waals surface area contributed by atoms with E-state index in [9.17, 15) is 18.5 Å². The van der Waals surface area contributed by atoms with Gasteiger partial charge < -0.3 is 4.90 Å². The summed E-state index contributed by atoms with van der Waals surface area (Å²) in [6.45, 7) is 3.42. The lowest BCUT2D eigenvalue weighted by Gasteiger charge is -2.22. The number of aryl methyl sites for hydroxylation is 1. The first-order valence-corrected chi connectivity index (χ1v) is 10.5. The van der Waals surface area contributed by atoms with Crippen molar-refractivity contribution in [3.8, 4) is 0 Å². The van der Waals surface area contributed by atoms with Gasteiger partial charge in [-0.05, 0) is 44.0 Å². The Kier molecular flexibility index (Phi) is 5.65. The summed E-state index contributed by atoms with van der Waals surface area (Å²) in [6, 6.07) is 11.0. The summed E-state index contributed by atoms with van der Waals surface area (Å²) in [5.41, 5.74) is 1.59. The van der Waals surface area contributed by atoms with Crippen molar-refractivity contribution in [3.63, 3.8) is 0 Å². The molecule has 0 spiro atoms. The molecular formula is C19H23N3O4S. The van der Waals surface area contributed by atoms with Crippen LogP contribution in [-0.4, -0.2) is 26.4 Å². The molecule has 0 saturated carbocycles. The Morgan fingerprint density at radius 1 is 1.00 bits per heavy atom. The van der Waals surface area contributed by atoms with Crippen LogP contribution in [0.5, 0.6) is 0 Å². The van der Waals surface area contributed by atoms with Crippen LogP contribution in [0.2, 0.25) is 0 Å². The van der Waals surface area contributed by atoms with E-state index in [2.05, 4.69) is 4.72 Å². The number of nitrogens with zero attached hydrogens (tertiary/aromatic N) is 2. The molecule has 0 radical (unpaired) electrons. The van der Waals surface area contributed by atoms with Gasteiger partial charge in [0.1, 0.15) is 5.69 Å². The monoisotopic (exact) mass is 389 g/mol. The Morgan fingerprint density at radius 2 is 1.63 bits per heavy atom. The van der Waals surface area contributed by atoms with Crippen molar-refractivity contribution in [3.05, 3.63) is 58.1 Å². The molecule has 1 saturated heterocycles. The number of rotatable bonds is 5. The normalized spacial score (nSPS) is 15.2. The van der Waals surface area contributed by atoms with Gasteiger partial charge in [0.05, 0.1) is 15.5 Å². The molecule has 1 N–H and O–H groups in total. The van der Waals surface area contributed by atoms with Crippen LogP contribution >= 0.6 is 0 Å². The van der Waals surface area contributed by atoms with Crippen LogP contribution in [0.3, 0.4) is 0 Å². The number of nitro groups is 1. The summed E-state index contributed by atoms with van der Waals surface area (Å²) in [7, 11) is -3.80. The molecule has 3 rings (SSSR count). The Balaban J connectivity index is 1.89. The minimum absolute atomic E-state index is 0.0824. The van der Waals surface area contributed by atoms with Gasteiger partial charge in [-0.25, -0.2) is 8.42 Å². The first-order chi connectivity index (χ1) is 12.9. The quantitative estimate of drug-likeness (QED) is 0.614. The summed E-state index contributed by atoms with van der Waals surface area (Å²) in [4.78, 5) is 13.3. The van der Waals surface area contributed by atoms with E-state index in [4.69, 9.17) is 0 Å². The Bertz CT molecular complexity index is 918. The second-order valence-electron chi connectivity index (χ2n) is 6.78. The van der Waals surface area contributed by atoms with Gasteiger partial charge in [0.2, 0.25) is 0 Å². The van der Waals surface area contributed by atoms with E-state index < -0.39 is 14.9 Å². The number of sulfonamides is 1. The second-order valence-corrected chi connectivity index (χ2v) is 8.46. The summed E-state index contributed by atoms with van der Waals surface area (Å²) in [6.07, 6.45) is 4.25. The van der Waals surface area contributed by atoms with Gasteiger partial charge in [0.15, 0.2) is 0 Å². The molecular weight excluding hydrogens is 366 g/mol. The molecule has 0 amide bonds. The summed E-state index contributed by atoms with van der Waals surface area (Å²) >= 11 is 0. The van der Waals surface area contributed by atoms with E-state index in [1.165, 1.54) is 18.2 Å². The van der Waals surface area contributed by atoms with E-state index in [0.29, 0.717) is 5.69 Å². The lowest BCUT2D eigenvalue weighted by molar-refractivity contribution is -0.384. The highest BCUT2D eigenvalue weighted by atomic mass is 32.2. The van der Waals surface area contributed by atoms with E-state index in [1.54, 1.807) is 24.3 Å². The van der Waals surface area contributed by atoms with Gasteiger partial charge in [0, 0.05) is 19.2 Å². The predicted molar refractivity (Wildman–Crippen MR) is 106 cm³/mol. The molecule has 2 aromatic carbocycles. The van der Waals surface area contributed by atoms with Crippen LogP contribution in [0, 0.1) is 17.0 Å². The zero-order chi connectivity index (χ0) is 19.4. The van der Waals surface area contributed by atoms with Crippen LogP contribution in [0.25, 0.3) is 0 Å². The molecule has 27 heavy (non-hydrogen) atoms. The Hall–Kier alpha value is -2.61. The molecule has 0 aromatic heterocycles. The molecule has 1 aliphatic rings. The minimum Gasteiger partial charge on any atom is -0.366 e. The second kappa shape index (κ2) is 7.96. The molecule has 0 aliphatic carbocycles. The van der Waals surface area contributed by atoms with Gasteiger partial charge in [-0.3, -0.25) is 14.8 Å². The van der Waals surface area contributed by atoms with E-state index in [0.717, 1.165) is 44.3 Å². The maximum Gasteiger partial charge on any atom is 0.294 e. The molecule has 1 aliphatic heterocycles. The van der Waals surface area contributed by atoms with Crippen LogP contribution < -0.4 is 9.62 Å². The number of hydrogen-bond donors (Lipinski definition) is 1. The lowest BCUT2D eigenvalue weighted by Crippen LogP contribution is -2.24. The Morgan fingerprint density at radius 3 is 2.22 bits per heavy atom. The third-order valence-corrected chi connectivity index (χ3v) is 6.10. The molecule has 1 heterocycles. The van der Waals surface area contributed by atoms with Crippen molar-refractivity contribution >= 4 is 27.1 Å². The third-order valence-electron chi connectivity index (χ3n) is 4.70. The van der Waals surface area contributed by atoms with Crippen molar-refractivity contribution in [1.29, 1.82) is 0 Å². The summed E-state index contributed by atoms with van der Waals surface area (Å²) < 4.78 is 27.5. The molecule has 1 fully saturated rings. The maximum atomic E-state index is 12.5. The number of benzene rings is 2. The maximum absolute atomic E-state index is 12.5. The molecule has 0 atom stereocenters. The zero-order valence-corrected chi connectivity index (χ0v) is 16.0. The van der Waals surface area contributed by atoms with Crippen LogP contribution in [0.4, 0.5) is 17.1 Å². The van der Waals surface area contributed by atoms with Crippen LogP contribution in [-0.2, 0) is 10.0 Å². The van der Waals surface area contributed by atoms with Crippen molar-refractivity contribution in [2.75, 3.05) is 22.7 Å². The van der Waals surface area contributed by atoms with Crippen molar-refractivity contribution in [2.45, 2.75) is 37.5 Å². The number of nitro benzene ring substituents is 1. The highest BCUT2D eigenvalue weighted by Crippen LogP contribution is 2.33. The fraction of sp³-hybridized carbons (Fsp3) is 0.368. The van der Waals surface area contributed by atoms with Crippen molar-refractivity contribution < 1.29 is 13.3 Å². The van der Waals surface area contributed by atoms with E-state index in [1.807, 2.05) is 11.8 Å². The standard InChI is InChI=1S/C19H23N3O4S/c1-15-6-9-17(10-7-15)27(25,26)20-16-8-11-18(19(14-16)22(23)24)21-12-4-2-3-5-13-21/h6-11,14,20H,2-5,12-13H2,1H3. The highest BCUT2D eigenvalue weighted by molar-refractivity contribution is 7.92. The third kappa shape index (κ3) is 4.57. The van der Waals surface area contributed by atoms with E-state index in [-0.39, 0.29) is 16.3 Å². The Labute approximate surface area is 159 Å². The molecule has 2 aromatic rings. The number of nitrogens with one attached hydrogen (secondary N) is 1. The van der Waals surface area contributed by atoms with Gasteiger partial charge in [-0.2, -0.15) is 0 Å². The van der Waals surface area contributed by atoms with Gasteiger partial charge in [0.25, 0.3) is 15.7 Å². The average Bonchev–Trinajstić information content (AvgIpc) is 2.91. The fourth-order valence-corrected chi connectivity index (χ4v) is 4.29. The SMILES string of the molecule is Cc1ccc(S(=O)(=O)Nc2ccc(N3CCCCCC3)c([N+](=O)[O-])c2)cc1. The highest BCUT2D eigenvalue weighted by Gasteiger charge is 2.23. The fourth-order valence-electron chi connectivity index (χ4n) is 3.24. The molecule has 8 heteroatoms. The van der Waals surface area contributed by atoms with Gasteiger partial charge in [-0.1, -0.05) is 30.5 Å². The van der Waals surface area contributed by atoms with Crippen LogP contribution in [0.15, 0.2) is 47.4 Å². The largest absolute Gasteiger partial charge is 0.366 e. The lowest BCUT2D eigenvalue weighted by atomic mass is 10.2. The van der Waals surface area contributed by atoms with E-state index >= 15 is 0 Å². The average molecular weight is 389 g/mol. The van der Waals surface area contributed by atoms with Crippen molar-refractivity contribution in [2.24, 2.45) is 0 Å². The van der Waals surface area contributed by atoms with Gasteiger partial charge in [-0.15, -0.1) is 0 Å². The minimum atomic E-state index is -3.80. The number of anilines is 2. The number of hydrogen-bond acceptors (Lipinski definition) is 5. The predicted octanol–water partition coefficient (Wildman–Crippen LogP) is 4.08. The van der Waals surface area contributed by atoms with Crippen molar-refractivity contribution in [1.82, 2.24) is 0 Å². The molecule has 0 bridgehead atoms. The molecule has 144 valence electrons. The molecule has 7 nitrogen and oxygen atoms in total. The smallest absolute Gasteiger partial charge is 0.294 e. The molecule has 0 unspecified atom stereocenters. The first kappa shape index (κ1) is 19.2. The summed E-state index contributed by atoms with van der Waals surface area (Å²) in [5.74, 6) is 0.